The third-order valence-corrected chi connectivity index (χ3v) is 5.21. The zero-order chi connectivity index (χ0) is 22.1. The Kier molecular flexibility index (Phi) is 4.76. The van der Waals surface area contributed by atoms with Crippen molar-refractivity contribution in [2.45, 2.75) is 0 Å². The van der Waals surface area contributed by atoms with Crippen LogP contribution in [0.3, 0.4) is 0 Å². The molecular weight excluding hydrogens is 404 g/mol. The third kappa shape index (κ3) is 3.52. The van der Waals surface area contributed by atoms with Gasteiger partial charge in [-0.15, -0.1) is 0 Å². The van der Waals surface area contributed by atoms with Gasteiger partial charge in [0.15, 0.2) is 0 Å². The molecule has 5 rings (SSSR count). The van der Waals surface area contributed by atoms with Crippen molar-refractivity contribution in [1.29, 1.82) is 0 Å². The number of fused-ring (bicyclic) bond motifs is 2. The van der Waals surface area contributed by atoms with Crippen molar-refractivity contribution in [2.75, 3.05) is 0 Å². The van der Waals surface area contributed by atoms with Crippen LogP contribution in [-0.4, -0.2) is 32.3 Å². The van der Waals surface area contributed by atoms with Gasteiger partial charge in [-0.3, -0.25) is 4.79 Å². The minimum absolute atomic E-state index is 0.0808. The van der Waals surface area contributed by atoms with Crippen molar-refractivity contribution in [2.24, 2.45) is 5.10 Å². The van der Waals surface area contributed by atoms with Crippen molar-refractivity contribution in [3.05, 3.63) is 90.0 Å². The van der Waals surface area contributed by atoms with Crippen molar-refractivity contribution in [1.82, 2.24) is 15.4 Å². The van der Waals surface area contributed by atoms with Crippen LogP contribution in [0.15, 0.2) is 84.0 Å². The molecule has 7 heteroatoms. The summed E-state index contributed by atoms with van der Waals surface area (Å²) in [5.74, 6) is 0.314. The van der Waals surface area contributed by atoms with Gasteiger partial charge in [0.2, 0.25) is 0 Å². The van der Waals surface area contributed by atoms with Gasteiger partial charge >= 0.3 is 0 Å². The molecule has 0 fully saturated rings. The summed E-state index contributed by atoms with van der Waals surface area (Å²) in [6.07, 6.45) is 1.43. The lowest BCUT2D eigenvalue weighted by atomic mass is 10.0. The molecule has 0 bridgehead atoms. The van der Waals surface area contributed by atoms with Gasteiger partial charge in [0.05, 0.1) is 22.8 Å². The number of carbonyl (C=O) groups excluding carboxylic acids is 1. The topological polar surface area (TPSA) is 111 Å². The van der Waals surface area contributed by atoms with E-state index in [1.54, 1.807) is 42.5 Å². The number of phenolic OH excluding ortho intramolecular Hbond substituents is 2. The van der Waals surface area contributed by atoms with Crippen LogP contribution in [0.1, 0.15) is 15.9 Å². The molecule has 7 nitrogen and oxygen atoms in total. The van der Waals surface area contributed by atoms with E-state index >= 15 is 0 Å². The summed E-state index contributed by atoms with van der Waals surface area (Å²) >= 11 is 0. The predicted octanol–water partition coefficient (Wildman–Crippen LogP) is 4.56. The Morgan fingerprint density at radius 1 is 0.938 bits per heavy atom. The number of H-pyrrole nitrogens is 1. The highest BCUT2D eigenvalue weighted by atomic mass is 16.3. The molecule has 5 aromatic rings. The lowest BCUT2D eigenvalue weighted by molar-refractivity contribution is 0.0955. The SMILES string of the molecule is O=C(N/N=C/c1c(O)ccc2ccccc12)c1ccc2nc(-c3ccccc3O)[nH]c2c1. The number of nitrogens with zero attached hydrogens (tertiary/aromatic N) is 2. The van der Waals surface area contributed by atoms with Crippen LogP contribution < -0.4 is 5.43 Å². The molecule has 0 saturated heterocycles. The number of hydrogen-bond donors (Lipinski definition) is 4. The second-order valence-electron chi connectivity index (χ2n) is 7.25. The maximum absolute atomic E-state index is 12.6. The maximum Gasteiger partial charge on any atom is 0.271 e. The van der Waals surface area contributed by atoms with Gasteiger partial charge in [0.1, 0.15) is 17.3 Å². The Morgan fingerprint density at radius 2 is 1.75 bits per heavy atom. The Balaban J connectivity index is 1.39. The fourth-order valence-electron chi connectivity index (χ4n) is 3.59. The van der Waals surface area contributed by atoms with Gasteiger partial charge in [-0.05, 0) is 47.2 Å². The molecule has 0 radical (unpaired) electrons. The number of aromatic hydroxyl groups is 2. The van der Waals surface area contributed by atoms with E-state index in [-0.39, 0.29) is 11.5 Å². The number of aromatic amines is 1. The summed E-state index contributed by atoms with van der Waals surface area (Å²) in [4.78, 5) is 20.2. The summed E-state index contributed by atoms with van der Waals surface area (Å²) in [6.45, 7) is 0. The van der Waals surface area contributed by atoms with E-state index in [9.17, 15) is 15.0 Å². The molecule has 0 atom stereocenters. The van der Waals surface area contributed by atoms with Crippen LogP contribution in [-0.2, 0) is 0 Å². The van der Waals surface area contributed by atoms with Gasteiger partial charge in [-0.2, -0.15) is 5.10 Å². The zero-order valence-electron chi connectivity index (χ0n) is 16.8. The smallest absolute Gasteiger partial charge is 0.271 e. The molecule has 0 aliphatic rings. The molecule has 1 amide bonds. The minimum Gasteiger partial charge on any atom is -0.507 e. The first-order valence-corrected chi connectivity index (χ1v) is 9.92. The largest absolute Gasteiger partial charge is 0.507 e. The number of hydrogen-bond acceptors (Lipinski definition) is 5. The van der Waals surface area contributed by atoms with Gasteiger partial charge in [0.25, 0.3) is 5.91 Å². The Morgan fingerprint density at radius 3 is 2.62 bits per heavy atom. The quantitative estimate of drug-likeness (QED) is 0.251. The molecule has 0 saturated carbocycles. The highest BCUT2D eigenvalue weighted by Crippen LogP contribution is 2.28. The molecule has 0 aliphatic heterocycles. The average molecular weight is 422 g/mol. The second kappa shape index (κ2) is 7.88. The minimum atomic E-state index is -0.401. The van der Waals surface area contributed by atoms with Crippen molar-refractivity contribution < 1.29 is 15.0 Å². The highest BCUT2D eigenvalue weighted by molar-refractivity contribution is 6.03. The number of nitrogens with one attached hydrogen (secondary N) is 2. The summed E-state index contributed by atoms with van der Waals surface area (Å²) in [5.41, 5.74) is 5.32. The predicted molar refractivity (Wildman–Crippen MR) is 124 cm³/mol. The first kappa shape index (κ1) is 19.3. The van der Waals surface area contributed by atoms with Gasteiger partial charge < -0.3 is 15.2 Å². The van der Waals surface area contributed by atoms with E-state index in [0.717, 1.165) is 10.8 Å². The number of amides is 1. The van der Waals surface area contributed by atoms with E-state index in [0.29, 0.717) is 33.5 Å². The molecular formula is C25H18N4O3. The van der Waals surface area contributed by atoms with Crippen molar-refractivity contribution in [3.63, 3.8) is 0 Å². The molecule has 0 unspecified atom stereocenters. The molecule has 1 aromatic heterocycles. The van der Waals surface area contributed by atoms with E-state index in [2.05, 4.69) is 20.5 Å². The standard InChI is InChI=1S/C25H18N4O3/c30-22-8-4-3-7-18(22)24-27-20-11-9-16(13-21(20)28-24)25(32)29-26-14-19-17-6-2-1-5-15(17)10-12-23(19)31/h1-14,30-31H,(H,27,28)(H,29,32)/b26-14+. The number of benzene rings is 4. The van der Waals surface area contributed by atoms with Crippen molar-refractivity contribution in [3.8, 4) is 22.9 Å². The Labute approximate surface area is 182 Å². The molecule has 0 aliphatic carbocycles. The number of aromatic nitrogens is 2. The van der Waals surface area contributed by atoms with Crippen molar-refractivity contribution >= 4 is 33.9 Å². The van der Waals surface area contributed by atoms with E-state index in [1.165, 1.54) is 6.21 Å². The van der Waals surface area contributed by atoms with E-state index in [1.807, 2.05) is 36.4 Å². The van der Waals surface area contributed by atoms with Crippen LogP contribution in [0.4, 0.5) is 0 Å². The number of rotatable bonds is 4. The Hall–Kier alpha value is -4.65. The van der Waals surface area contributed by atoms with Gasteiger partial charge in [0, 0.05) is 11.1 Å². The normalized spacial score (nSPS) is 11.4. The summed E-state index contributed by atoms with van der Waals surface area (Å²) < 4.78 is 0. The summed E-state index contributed by atoms with van der Waals surface area (Å²) in [5, 5.41) is 26.1. The van der Waals surface area contributed by atoms with Crippen LogP contribution in [0.5, 0.6) is 11.5 Å². The molecule has 0 spiro atoms. The van der Waals surface area contributed by atoms with E-state index < -0.39 is 5.91 Å². The first-order chi connectivity index (χ1) is 15.6. The van der Waals surface area contributed by atoms with Crippen LogP contribution in [0, 0.1) is 0 Å². The Bertz CT molecular complexity index is 1500. The van der Waals surface area contributed by atoms with Crippen LogP contribution >= 0.6 is 0 Å². The molecule has 32 heavy (non-hydrogen) atoms. The summed E-state index contributed by atoms with van der Waals surface area (Å²) in [7, 11) is 0. The first-order valence-electron chi connectivity index (χ1n) is 9.92. The number of para-hydroxylation sites is 1. The molecule has 4 N–H and O–H groups in total. The number of phenols is 2. The third-order valence-electron chi connectivity index (χ3n) is 5.21. The van der Waals surface area contributed by atoms with Gasteiger partial charge in [-0.25, -0.2) is 10.4 Å². The van der Waals surface area contributed by atoms with Gasteiger partial charge in [-0.1, -0.05) is 42.5 Å². The van der Waals surface area contributed by atoms with Crippen LogP contribution in [0.2, 0.25) is 0 Å². The van der Waals surface area contributed by atoms with E-state index in [4.69, 9.17) is 0 Å². The molecule has 1 heterocycles. The fourth-order valence-corrected chi connectivity index (χ4v) is 3.59. The lowest BCUT2D eigenvalue weighted by Gasteiger charge is -2.05. The number of imidazole rings is 1. The fraction of sp³-hybridized carbons (Fsp3) is 0. The molecule has 156 valence electrons. The summed E-state index contributed by atoms with van der Waals surface area (Å²) in [6, 6.07) is 23.0. The average Bonchev–Trinajstić information content (AvgIpc) is 3.24. The zero-order valence-corrected chi connectivity index (χ0v) is 16.8. The lowest BCUT2D eigenvalue weighted by Crippen LogP contribution is -2.17. The second-order valence-corrected chi connectivity index (χ2v) is 7.25. The molecule has 4 aromatic carbocycles. The number of hydrazone groups is 1. The van der Waals surface area contributed by atoms with Crippen LogP contribution in [0.25, 0.3) is 33.2 Å². The maximum atomic E-state index is 12.6. The monoisotopic (exact) mass is 422 g/mol. The number of carbonyl (C=O) groups is 1. The highest BCUT2D eigenvalue weighted by Gasteiger charge is 2.12.